The van der Waals surface area contributed by atoms with Crippen molar-refractivity contribution in [2.75, 3.05) is 12.0 Å². The van der Waals surface area contributed by atoms with Gasteiger partial charge < -0.3 is 19.4 Å². The number of hydrogen-bond acceptors (Lipinski definition) is 4. The van der Waals surface area contributed by atoms with Gasteiger partial charge in [-0.1, -0.05) is 41.4 Å². The van der Waals surface area contributed by atoms with Gasteiger partial charge in [-0.05, 0) is 66.8 Å². The Hall–Kier alpha value is -3.06. The van der Waals surface area contributed by atoms with E-state index < -0.39 is 0 Å². The molecule has 1 aliphatic rings. The number of pyridine rings is 1. The van der Waals surface area contributed by atoms with Crippen LogP contribution in [0.5, 0.6) is 5.75 Å². The predicted molar refractivity (Wildman–Crippen MR) is 135 cm³/mol. The van der Waals surface area contributed by atoms with Crippen LogP contribution in [0.2, 0.25) is 10.0 Å². The lowest BCUT2D eigenvalue weighted by molar-refractivity contribution is 0.409. The molecule has 8 heteroatoms. The van der Waals surface area contributed by atoms with Gasteiger partial charge in [-0.15, -0.1) is 0 Å². The van der Waals surface area contributed by atoms with Crippen LogP contribution in [-0.2, 0) is 0 Å². The first-order chi connectivity index (χ1) is 16.1. The number of para-hydroxylation sites is 2. The molecule has 0 bridgehead atoms. The third kappa shape index (κ3) is 4.06. The summed E-state index contributed by atoms with van der Waals surface area (Å²) in [7, 11) is 1.64. The van der Waals surface area contributed by atoms with E-state index in [0.717, 1.165) is 16.9 Å². The normalized spacial score (nSPS) is 17.8. The van der Waals surface area contributed by atoms with Crippen molar-refractivity contribution in [3.8, 4) is 17.1 Å². The molecule has 1 saturated heterocycles. The van der Waals surface area contributed by atoms with Crippen LogP contribution in [0.15, 0.2) is 83.4 Å². The van der Waals surface area contributed by atoms with E-state index in [9.17, 15) is 0 Å². The van der Waals surface area contributed by atoms with Crippen LogP contribution in [0.4, 0.5) is 5.69 Å². The van der Waals surface area contributed by atoms with Crippen molar-refractivity contribution in [3.63, 3.8) is 0 Å². The molecular weight excluding hydrogens is 477 g/mol. The molecule has 5 rings (SSSR count). The molecule has 2 aromatic heterocycles. The number of furan rings is 1. The summed E-state index contributed by atoms with van der Waals surface area (Å²) in [4.78, 5) is 6.59. The summed E-state index contributed by atoms with van der Waals surface area (Å²) in [5.74, 6) is 2.06. The largest absolute Gasteiger partial charge is 0.495 e. The molecule has 0 saturated carbocycles. The highest BCUT2D eigenvalue weighted by Gasteiger charge is 2.43. The summed E-state index contributed by atoms with van der Waals surface area (Å²) in [6, 6.07) is 22.2. The molecule has 2 aromatic carbocycles. The zero-order valence-corrected chi connectivity index (χ0v) is 19.9. The standard InChI is InChI=1S/C25H19Cl2N3O2S/c1-31-21-8-3-2-7-19(21)30-24(23(29-25(30)33)18-6-4-5-13-28-18)22-12-11-20(32-22)16-10-9-15(26)14-17(16)27/h2-14,23-24H,1H3,(H,29,33)/t23-,24+/m1/s1. The van der Waals surface area contributed by atoms with Gasteiger partial charge in [-0.25, -0.2) is 0 Å². The second kappa shape index (κ2) is 9.06. The summed E-state index contributed by atoms with van der Waals surface area (Å²) in [6.07, 6.45) is 1.77. The van der Waals surface area contributed by atoms with E-state index in [1.165, 1.54) is 0 Å². The van der Waals surface area contributed by atoms with Crippen LogP contribution in [0.1, 0.15) is 23.5 Å². The molecule has 5 nitrogen and oxygen atoms in total. The third-order valence-corrected chi connectivity index (χ3v) is 6.42. The smallest absolute Gasteiger partial charge is 0.174 e. The lowest BCUT2D eigenvalue weighted by Gasteiger charge is -2.27. The lowest BCUT2D eigenvalue weighted by atomic mass is 10.0. The van der Waals surface area contributed by atoms with Crippen LogP contribution in [0.3, 0.4) is 0 Å². The molecule has 1 fully saturated rings. The third-order valence-electron chi connectivity index (χ3n) is 5.56. The maximum atomic E-state index is 6.43. The van der Waals surface area contributed by atoms with Crippen molar-refractivity contribution < 1.29 is 9.15 Å². The highest BCUT2D eigenvalue weighted by molar-refractivity contribution is 7.80. The number of thiocarbonyl (C=S) groups is 1. The minimum atomic E-state index is -0.302. The monoisotopic (exact) mass is 495 g/mol. The Balaban J connectivity index is 1.63. The topological polar surface area (TPSA) is 50.5 Å². The first kappa shape index (κ1) is 21.8. The van der Waals surface area contributed by atoms with E-state index >= 15 is 0 Å². The number of benzene rings is 2. The average Bonchev–Trinajstić information content (AvgIpc) is 3.44. The van der Waals surface area contributed by atoms with Gasteiger partial charge in [-0.2, -0.15) is 0 Å². The van der Waals surface area contributed by atoms with Crippen molar-refractivity contribution in [1.82, 2.24) is 10.3 Å². The number of nitrogens with one attached hydrogen (secondary N) is 1. The summed E-state index contributed by atoms with van der Waals surface area (Å²) in [5, 5.41) is 5.07. The maximum Gasteiger partial charge on any atom is 0.174 e. The zero-order chi connectivity index (χ0) is 22.9. The highest BCUT2D eigenvalue weighted by Crippen LogP contribution is 2.45. The van der Waals surface area contributed by atoms with Gasteiger partial charge in [0.2, 0.25) is 0 Å². The Morgan fingerprint density at radius 2 is 1.85 bits per heavy atom. The van der Waals surface area contributed by atoms with Gasteiger partial charge in [-0.3, -0.25) is 4.98 Å². The minimum absolute atomic E-state index is 0.233. The van der Waals surface area contributed by atoms with Crippen molar-refractivity contribution in [1.29, 1.82) is 0 Å². The van der Waals surface area contributed by atoms with Gasteiger partial charge in [0.25, 0.3) is 0 Å². The van der Waals surface area contributed by atoms with Crippen LogP contribution in [-0.4, -0.2) is 17.2 Å². The van der Waals surface area contributed by atoms with Gasteiger partial charge in [0.15, 0.2) is 5.11 Å². The van der Waals surface area contributed by atoms with Gasteiger partial charge >= 0.3 is 0 Å². The summed E-state index contributed by atoms with van der Waals surface area (Å²) >= 11 is 18.3. The highest BCUT2D eigenvalue weighted by atomic mass is 35.5. The number of rotatable bonds is 5. The summed E-state index contributed by atoms with van der Waals surface area (Å²) < 4.78 is 12.0. The summed E-state index contributed by atoms with van der Waals surface area (Å²) in [6.45, 7) is 0. The molecule has 0 amide bonds. The second-order valence-electron chi connectivity index (χ2n) is 7.49. The molecule has 0 radical (unpaired) electrons. The number of halogens is 2. The fraction of sp³-hybridized carbons (Fsp3) is 0.120. The van der Waals surface area contributed by atoms with E-state index in [1.807, 2.05) is 65.6 Å². The Bertz CT molecular complexity index is 1310. The first-order valence-electron chi connectivity index (χ1n) is 10.3. The Kier molecular flexibility index (Phi) is 5.98. The molecule has 4 aromatic rings. The predicted octanol–water partition coefficient (Wildman–Crippen LogP) is 6.83. The van der Waals surface area contributed by atoms with Gasteiger partial charge in [0, 0.05) is 16.8 Å². The molecule has 0 unspecified atom stereocenters. The molecular formula is C25H19Cl2N3O2S. The Morgan fingerprint density at radius 1 is 1.03 bits per heavy atom. The molecule has 1 N–H and O–H groups in total. The fourth-order valence-electron chi connectivity index (χ4n) is 4.08. The molecule has 0 aliphatic carbocycles. The van der Waals surface area contributed by atoms with E-state index in [1.54, 1.807) is 25.4 Å². The second-order valence-corrected chi connectivity index (χ2v) is 8.72. The molecule has 0 spiro atoms. The molecule has 166 valence electrons. The quantitative estimate of drug-likeness (QED) is 0.306. The van der Waals surface area contributed by atoms with E-state index in [4.69, 9.17) is 44.6 Å². The number of ether oxygens (including phenoxy) is 1. The van der Waals surface area contributed by atoms with Crippen LogP contribution >= 0.6 is 35.4 Å². The number of methoxy groups -OCH3 is 1. The molecule has 33 heavy (non-hydrogen) atoms. The number of nitrogens with zero attached hydrogens (tertiary/aromatic N) is 2. The Morgan fingerprint density at radius 3 is 2.61 bits per heavy atom. The van der Waals surface area contributed by atoms with E-state index in [0.29, 0.717) is 32.4 Å². The van der Waals surface area contributed by atoms with Crippen LogP contribution in [0, 0.1) is 0 Å². The fourth-order valence-corrected chi connectivity index (χ4v) is 4.92. The maximum absolute atomic E-state index is 6.43. The number of aromatic nitrogens is 1. The van der Waals surface area contributed by atoms with Crippen molar-refractivity contribution in [3.05, 3.63) is 100 Å². The zero-order valence-electron chi connectivity index (χ0n) is 17.5. The van der Waals surface area contributed by atoms with E-state index in [2.05, 4.69) is 10.3 Å². The minimum Gasteiger partial charge on any atom is -0.495 e. The average molecular weight is 496 g/mol. The van der Waals surface area contributed by atoms with Gasteiger partial charge in [0.05, 0.1) is 29.6 Å². The number of anilines is 1. The molecule has 1 aliphatic heterocycles. The SMILES string of the molecule is COc1ccccc1N1C(=S)N[C@H](c2ccccn2)[C@@H]1c1ccc(-c2ccc(Cl)cc2Cl)o1. The molecule has 3 heterocycles. The molecule has 2 atom stereocenters. The van der Waals surface area contributed by atoms with Crippen molar-refractivity contribution in [2.24, 2.45) is 0 Å². The van der Waals surface area contributed by atoms with Crippen molar-refractivity contribution >= 4 is 46.2 Å². The first-order valence-corrected chi connectivity index (χ1v) is 11.4. The van der Waals surface area contributed by atoms with Crippen molar-refractivity contribution in [2.45, 2.75) is 12.1 Å². The van der Waals surface area contributed by atoms with Gasteiger partial charge in [0.1, 0.15) is 23.3 Å². The van der Waals surface area contributed by atoms with E-state index in [-0.39, 0.29) is 12.1 Å². The Labute approximate surface area is 206 Å². The number of hydrogen-bond donors (Lipinski definition) is 1. The lowest BCUT2D eigenvalue weighted by Crippen LogP contribution is -2.29. The summed E-state index contributed by atoms with van der Waals surface area (Å²) in [5.41, 5.74) is 2.45. The van der Waals surface area contributed by atoms with Crippen LogP contribution in [0.25, 0.3) is 11.3 Å². The van der Waals surface area contributed by atoms with Crippen LogP contribution < -0.4 is 15.0 Å².